The van der Waals surface area contributed by atoms with Crippen LogP contribution in [-0.4, -0.2) is 11.1 Å². The zero-order chi connectivity index (χ0) is 12.0. The van der Waals surface area contributed by atoms with Crippen LogP contribution in [0.1, 0.15) is 46.2 Å². The third kappa shape index (κ3) is 1.58. The van der Waals surface area contributed by atoms with E-state index in [1.807, 2.05) is 0 Å². The van der Waals surface area contributed by atoms with Crippen molar-refractivity contribution in [2.75, 3.05) is 0 Å². The first-order chi connectivity index (χ1) is 8.18. The number of rotatable bonds is 2. The number of benzene rings is 1. The lowest BCUT2D eigenvalue weighted by Gasteiger charge is -2.17. The zero-order valence-electron chi connectivity index (χ0n) is 10.3. The molecule has 2 nitrogen and oxygen atoms in total. The fourth-order valence-corrected chi connectivity index (χ4v) is 3.71. The van der Waals surface area contributed by atoms with Crippen LogP contribution in [0.4, 0.5) is 0 Å². The van der Waals surface area contributed by atoms with Gasteiger partial charge in [0.25, 0.3) is 0 Å². The van der Waals surface area contributed by atoms with Crippen molar-refractivity contribution < 1.29 is 9.90 Å². The molecule has 0 aliphatic heterocycles. The Morgan fingerprint density at radius 3 is 1.94 bits per heavy atom. The normalized spacial score (nSPS) is 17.0. The van der Waals surface area contributed by atoms with Gasteiger partial charge < -0.3 is 5.11 Å². The van der Waals surface area contributed by atoms with E-state index in [2.05, 4.69) is 6.92 Å². The molecule has 0 aromatic heterocycles. The highest BCUT2D eigenvalue weighted by atomic mass is 16.4. The largest absolute Gasteiger partial charge is 0.481 e. The summed E-state index contributed by atoms with van der Waals surface area (Å²) >= 11 is 0. The molecule has 0 saturated heterocycles. The molecule has 0 amide bonds. The van der Waals surface area contributed by atoms with Gasteiger partial charge >= 0.3 is 5.97 Å². The van der Waals surface area contributed by atoms with Crippen molar-refractivity contribution in [3.8, 4) is 0 Å². The van der Waals surface area contributed by atoms with E-state index in [0.717, 1.165) is 25.7 Å². The summed E-state index contributed by atoms with van der Waals surface area (Å²) in [5, 5.41) is 9.10. The number of fused-ring (bicyclic) bond motifs is 2. The Morgan fingerprint density at radius 1 is 1.00 bits per heavy atom. The summed E-state index contributed by atoms with van der Waals surface area (Å²) in [7, 11) is 0. The van der Waals surface area contributed by atoms with Crippen LogP contribution in [0.3, 0.4) is 0 Å². The van der Waals surface area contributed by atoms with Crippen LogP contribution in [0.5, 0.6) is 0 Å². The fraction of sp³-hybridized carbons (Fsp3) is 0.533. The van der Waals surface area contributed by atoms with E-state index in [9.17, 15) is 4.79 Å². The van der Waals surface area contributed by atoms with E-state index < -0.39 is 5.97 Å². The van der Waals surface area contributed by atoms with Gasteiger partial charge in [0, 0.05) is 0 Å². The van der Waals surface area contributed by atoms with Crippen molar-refractivity contribution in [3.63, 3.8) is 0 Å². The Hall–Kier alpha value is -1.31. The van der Waals surface area contributed by atoms with Gasteiger partial charge in [-0.15, -0.1) is 0 Å². The van der Waals surface area contributed by atoms with Crippen molar-refractivity contribution in [3.05, 3.63) is 33.4 Å². The quantitative estimate of drug-likeness (QED) is 0.848. The van der Waals surface area contributed by atoms with E-state index in [0.29, 0.717) is 0 Å². The summed E-state index contributed by atoms with van der Waals surface area (Å²) < 4.78 is 0. The highest BCUT2D eigenvalue weighted by Gasteiger charge is 2.27. The van der Waals surface area contributed by atoms with Gasteiger partial charge in [0.2, 0.25) is 0 Å². The molecule has 2 aliphatic rings. The van der Waals surface area contributed by atoms with Gasteiger partial charge in [0.05, 0.1) is 6.42 Å². The van der Waals surface area contributed by atoms with E-state index in [1.165, 1.54) is 46.2 Å². The molecule has 2 aliphatic carbocycles. The molecular formula is C15H18O2. The maximum absolute atomic E-state index is 11.1. The molecule has 0 atom stereocenters. The second kappa shape index (κ2) is 3.86. The van der Waals surface area contributed by atoms with Gasteiger partial charge in [-0.05, 0) is 78.8 Å². The molecule has 90 valence electrons. The van der Waals surface area contributed by atoms with Crippen LogP contribution >= 0.6 is 0 Å². The molecule has 0 fully saturated rings. The van der Waals surface area contributed by atoms with Gasteiger partial charge in [0.15, 0.2) is 0 Å². The molecule has 1 N–H and O–H groups in total. The molecule has 1 aromatic rings. The molecule has 0 heterocycles. The van der Waals surface area contributed by atoms with Crippen molar-refractivity contribution in [2.45, 2.75) is 51.9 Å². The number of hydrogen-bond donors (Lipinski definition) is 1. The Bertz CT molecular complexity index is 465. The summed E-state index contributed by atoms with van der Waals surface area (Å²) in [6, 6.07) is 0. The molecule has 0 radical (unpaired) electrons. The minimum Gasteiger partial charge on any atom is -0.481 e. The van der Waals surface area contributed by atoms with Crippen LogP contribution in [0, 0.1) is 6.92 Å². The van der Waals surface area contributed by atoms with Gasteiger partial charge in [-0.1, -0.05) is 0 Å². The second-order valence-electron chi connectivity index (χ2n) is 5.30. The average molecular weight is 230 g/mol. The van der Waals surface area contributed by atoms with Gasteiger partial charge in [-0.3, -0.25) is 4.79 Å². The highest BCUT2D eigenvalue weighted by molar-refractivity contribution is 5.73. The summed E-state index contributed by atoms with van der Waals surface area (Å²) in [5.74, 6) is -0.683. The summed E-state index contributed by atoms with van der Waals surface area (Å²) in [4.78, 5) is 11.1. The number of aliphatic carboxylic acids is 1. The second-order valence-corrected chi connectivity index (χ2v) is 5.30. The third-order valence-electron chi connectivity index (χ3n) is 4.40. The van der Waals surface area contributed by atoms with E-state index >= 15 is 0 Å². The van der Waals surface area contributed by atoms with Crippen LogP contribution in [0.15, 0.2) is 0 Å². The van der Waals surface area contributed by atoms with Crippen LogP contribution < -0.4 is 0 Å². The minimum atomic E-state index is -0.683. The zero-order valence-corrected chi connectivity index (χ0v) is 10.3. The average Bonchev–Trinajstić information content (AvgIpc) is 2.92. The molecule has 1 aromatic carbocycles. The Labute approximate surface area is 102 Å². The van der Waals surface area contributed by atoms with Crippen LogP contribution in [-0.2, 0) is 36.9 Å². The number of carboxylic acids is 1. The first-order valence-electron chi connectivity index (χ1n) is 6.55. The predicted molar refractivity (Wildman–Crippen MR) is 66.6 cm³/mol. The smallest absolute Gasteiger partial charge is 0.307 e. The molecule has 0 unspecified atom stereocenters. The highest BCUT2D eigenvalue weighted by Crippen LogP contribution is 2.38. The van der Waals surface area contributed by atoms with Gasteiger partial charge in [0.1, 0.15) is 0 Å². The van der Waals surface area contributed by atoms with Gasteiger partial charge in [-0.2, -0.15) is 0 Å². The maximum atomic E-state index is 11.1. The van der Waals surface area contributed by atoms with Gasteiger partial charge in [-0.25, -0.2) is 0 Å². The lowest BCUT2D eigenvalue weighted by atomic mass is 9.88. The number of carbonyl (C=O) groups is 1. The molecule has 2 heteroatoms. The van der Waals surface area contributed by atoms with E-state index in [1.54, 1.807) is 0 Å². The summed E-state index contributed by atoms with van der Waals surface area (Å²) in [6.07, 6.45) is 7.11. The van der Waals surface area contributed by atoms with E-state index in [4.69, 9.17) is 5.11 Å². The number of carboxylic acid groups (broad SMARTS) is 1. The maximum Gasteiger partial charge on any atom is 0.307 e. The lowest BCUT2D eigenvalue weighted by Crippen LogP contribution is -2.09. The van der Waals surface area contributed by atoms with E-state index in [-0.39, 0.29) is 6.42 Å². The SMILES string of the molecule is Cc1c2c(c(CC(=O)O)c3c1CCC3)CCC2. The summed E-state index contributed by atoms with van der Waals surface area (Å²) in [6.45, 7) is 2.23. The summed E-state index contributed by atoms with van der Waals surface area (Å²) in [5.41, 5.74) is 8.35. The molecule has 17 heavy (non-hydrogen) atoms. The van der Waals surface area contributed by atoms with Crippen molar-refractivity contribution in [2.24, 2.45) is 0 Å². The minimum absolute atomic E-state index is 0.227. The monoisotopic (exact) mass is 230 g/mol. The van der Waals surface area contributed by atoms with Crippen molar-refractivity contribution in [1.82, 2.24) is 0 Å². The number of hydrogen-bond acceptors (Lipinski definition) is 1. The molecule has 0 saturated carbocycles. The molecule has 0 spiro atoms. The lowest BCUT2D eigenvalue weighted by molar-refractivity contribution is -0.136. The Balaban J connectivity index is 2.22. The molecular weight excluding hydrogens is 212 g/mol. The van der Waals surface area contributed by atoms with Crippen molar-refractivity contribution >= 4 is 5.97 Å². The van der Waals surface area contributed by atoms with Crippen molar-refractivity contribution in [1.29, 1.82) is 0 Å². The fourth-order valence-electron chi connectivity index (χ4n) is 3.71. The molecule has 0 bridgehead atoms. The predicted octanol–water partition coefficient (Wildman–Crippen LogP) is 2.60. The third-order valence-corrected chi connectivity index (χ3v) is 4.40. The van der Waals surface area contributed by atoms with Crippen LogP contribution in [0.25, 0.3) is 0 Å². The Morgan fingerprint density at radius 2 is 1.47 bits per heavy atom. The first kappa shape index (κ1) is 10.8. The van der Waals surface area contributed by atoms with Crippen LogP contribution in [0.2, 0.25) is 0 Å². The molecule has 3 rings (SSSR count). The Kier molecular flexibility index (Phi) is 2.46. The standard InChI is InChI=1S/C15H18O2/c1-9-10-4-2-6-12(10)14(8-15(16)17)13-7-3-5-11(9)13/h2-8H2,1H3,(H,16,17). The first-order valence-corrected chi connectivity index (χ1v) is 6.55. The topological polar surface area (TPSA) is 37.3 Å².